The summed E-state index contributed by atoms with van der Waals surface area (Å²) in [7, 11) is 0. The molecule has 0 N–H and O–H groups in total. The fourth-order valence-electron chi connectivity index (χ4n) is 4.38. The van der Waals surface area contributed by atoms with Crippen molar-refractivity contribution in [2.45, 2.75) is 26.3 Å². The zero-order valence-electron chi connectivity index (χ0n) is 16.9. The molecule has 1 aromatic carbocycles. The van der Waals surface area contributed by atoms with Gasteiger partial charge in [0, 0.05) is 37.8 Å². The fraction of sp³-hybridized carbons (Fsp3) is 0.381. The Morgan fingerprint density at radius 2 is 1.97 bits per heavy atom. The van der Waals surface area contributed by atoms with Crippen molar-refractivity contribution in [1.82, 2.24) is 29.9 Å². The minimum absolute atomic E-state index is 0.139. The molecule has 9 heteroatoms. The summed E-state index contributed by atoms with van der Waals surface area (Å²) in [5.41, 5.74) is 2.51. The molecule has 0 saturated carbocycles. The molecular weight excluding hydrogens is 385 g/mol. The highest BCUT2D eigenvalue weighted by atomic mass is 19.1. The third kappa shape index (κ3) is 3.10. The molecule has 4 heterocycles. The van der Waals surface area contributed by atoms with E-state index < -0.39 is 5.82 Å². The number of carbonyl (C=O) groups is 1. The summed E-state index contributed by atoms with van der Waals surface area (Å²) in [6.45, 7) is 6.11. The maximum absolute atomic E-state index is 13.9. The topological polar surface area (TPSA) is 80.0 Å². The summed E-state index contributed by atoms with van der Waals surface area (Å²) >= 11 is 0. The van der Waals surface area contributed by atoms with E-state index in [-0.39, 0.29) is 11.9 Å². The lowest BCUT2D eigenvalue weighted by Crippen LogP contribution is -2.65. The first-order chi connectivity index (χ1) is 14.5. The van der Waals surface area contributed by atoms with E-state index in [2.05, 4.69) is 25.1 Å². The number of nitrogens with zero attached hydrogens (tertiary/aromatic N) is 7. The minimum Gasteiger partial charge on any atom is -0.350 e. The van der Waals surface area contributed by atoms with Gasteiger partial charge in [-0.05, 0) is 32.4 Å². The molecule has 8 nitrogen and oxygen atoms in total. The number of amides is 1. The smallest absolute Gasteiger partial charge is 0.256 e. The number of aryl methyl sites for hydroxylation is 2. The summed E-state index contributed by atoms with van der Waals surface area (Å²) in [6.07, 6.45) is 5.71. The molecule has 3 aromatic rings. The number of piperidine rings is 1. The van der Waals surface area contributed by atoms with E-state index in [4.69, 9.17) is 0 Å². The highest BCUT2D eigenvalue weighted by Gasteiger charge is 2.45. The van der Waals surface area contributed by atoms with Crippen LogP contribution in [0, 0.1) is 25.6 Å². The molecule has 30 heavy (non-hydrogen) atoms. The Morgan fingerprint density at radius 1 is 1.17 bits per heavy atom. The van der Waals surface area contributed by atoms with E-state index in [0.29, 0.717) is 30.3 Å². The van der Waals surface area contributed by atoms with Crippen LogP contribution in [0.3, 0.4) is 0 Å². The Kier molecular flexibility index (Phi) is 4.45. The maximum Gasteiger partial charge on any atom is 0.256 e. The van der Waals surface area contributed by atoms with Crippen LogP contribution in [-0.4, -0.2) is 61.4 Å². The van der Waals surface area contributed by atoms with Gasteiger partial charge in [-0.15, -0.1) is 0 Å². The van der Waals surface area contributed by atoms with Crippen LogP contribution >= 0.6 is 0 Å². The summed E-state index contributed by atoms with van der Waals surface area (Å²) in [5.74, 6) is 0.862. The quantitative estimate of drug-likeness (QED) is 0.662. The molecule has 1 amide bonds. The standard InChI is InChI=1S/C21H22FN7O/c1-13-10-23-14(2)20(26-13)28-11-15-5-8-27(12-19(15)28)21(30)17-4-3-16(22)9-18(17)29-24-6-7-25-29/h3-4,6-7,9-10,15,19H,5,8,11-12H2,1-2H3/t15?,19-/m0/s1. The number of rotatable bonds is 3. The first-order valence-electron chi connectivity index (χ1n) is 10.0. The van der Waals surface area contributed by atoms with Crippen LogP contribution in [0.1, 0.15) is 28.2 Å². The van der Waals surface area contributed by atoms with Gasteiger partial charge in [0.1, 0.15) is 11.5 Å². The van der Waals surface area contributed by atoms with E-state index in [1.54, 1.807) is 6.20 Å². The number of anilines is 1. The predicted octanol–water partition coefficient (Wildman–Crippen LogP) is 2.16. The normalized spacial score (nSPS) is 20.6. The average molecular weight is 407 g/mol. The number of fused-ring (bicyclic) bond motifs is 1. The van der Waals surface area contributed by atoms with Gasteiger partial charge in [0.2, 0.25) is 0 Å². The van der Waals surface area contributed by atoms with Crippen molar-refractivity contribution < 1.29 is 9.18 Å². The zero-order valence-corrected chi connectivity index (χ0v) is 16.9. The maximum atomic E-state index is 13.9. The first-order valence-corrected chi connectivity index (χ1v) is 10.0. The van der Waals surface area contributed by atoms with Gasteiger partial charge in [-0.2, -0.15) is 15.0 Å². The number of aromatic nitrogens is 5. The van der Waals surface area contributed by atoms with Gasteiger partial charge < -0.3 is 9.80 Å². The molecule has 0 aliphatic carbocycles. The molecule has 2 atom stereocenters. The monoisotopic (exact) mass is 407 g/mol. The Labute approximate surface area is 173 Å². The van der Waals surface area contributed by atoms with Gasteiger partial charge in [0.15, 0.2) is 5.82 Å². The van der Waals surface area contributed by atoms with E-state index in [1.165, 1.54) is 35.4 Å². The van der Waals surface area contributed by atoms with Crippen molar-refractivity contribution in [1.29, 1.82) is 0 Å². The van der Waals surface area contributed by atoms with Crippen molar-refractivity contribution in [2.24, 2.45) is 5.92 Å². The molecule has 0 spiro atoms. The van der Waals surface area contributed by atoms with Crippen molar-refractivity contribution in [3.63, 3.8) is 0 Å². The molecule has 2 aromatic heterocycles. The highest BCUT2D eigenvalue weighted by Crippen LogP contribution is 2.37. The SMILES string of the molecule is Cc1cnc(C)c(N2CC3CCN(C(=O)c4ccc(F)cc4-n4nccn4)C[C@@H]32)n1. The van der Waals surface area contributed by atoms with Crippen LogP contribution in [-0.2, 0) is 0 Å². The number of hydrogen-bond donors (Lipinski definition) is 0. The summed E-state index contributed by atoms with van der Waals surface area (Å²) in [6, 6.07) is 4.32. The molecule has 2 aliphatic heterocycles. The molecule has 1 unspecified atom stereocenters. The lowest BCUT2D eigenvalue weighted by molar-refractivity contribution is 0.0590. The number of benzene rings is 1. The minimum atomic E-state index is -0.434. The van der Waals surface area contributed by atoms with Crippen molar-refractivity contribution in [3.8, 4) is 5.69 Å². The van der Waals surface area contributed by atoms with Gasteiger partial charge in [0.25, 0.3) is 5.91 Å². The largest absolute Gasteiger partial charge is 0.350 e. The molecule has 0 radical (unpaired) electrons. The number of likely N-dealkylation sites (tertiary alicyclic amines) is 1. The van der Waals surface area contributed by atoms with Crippen LogP contribution in [0.2, 0.25) is 0 Å². The molecule has 154 valence electrons. The van der Waals surface area contributed by atoms with E-state index >= 15 is 0 Å². The molecule has 2 fully saturated rings. The number of carbonyl (C=O) groups excluding carboxylic acids is 1. The average Bonchev–Trinajstić information content (AvgIpc) is 3.26. The van der Waals surface area contributed by atoms with E-state index in [0.717, 1.165) is 30.2 Å². The molecule has 5 rings (SSSR count). The Bertz CT molecular complexity index is 1100. The van der Waals surface area contributed by atoms with Gasteiger partial charge in [-0.3, -0.25) is 9.78 Å². The van der Waals surface area contributed by atoms with Crippen LogP contribution in [0.25, 0.3) is 5.69 Å². The zero-order chi connectivity index (χ0) is 20.8. The molecule has 2 saturated heterocycles. The van der Waals surface area contributed by atoms with Crippen LogP contribution in [0.15, 0.2) is 36.8 Å². The van der Waals surface area contributed by atoms with Crippen LogP contribution in [0.5, 0.6) is 0 Å². The second-order valence-corrected chi connectivity index (χ2v) is 7.92. The second-order valence-electron chi connectivity index (χ2n) is 7.92. The molecular formula is C21H22FN7O. The third-order valence-corrected chi connectivity index (χ3v) is 5.99. The number of halogens is 1. The summed E-state index contributed by atoms with van der Waals surface area (Å²) in [4.78, 5) is 27.8. The highest BCUT2D eigenvalue weighted by molar-refractivity contribution is 5.97. The first kappa shape index (κ1) is 18.7. The Balaban J connectivity index is 1.40. The van der Waals surface area contributed by atoms with Gasteiger partial charge >= 0.3 is 0 Å². The predicted molar refractivity (Wildman–Crippen MR) is 108 cm³/mol. The molecule has 0 bridgehead atoms. The molecule has 2 aliphatic rings. The van der Waals surface area contributed by atoms with Crippen LogP contribution in [0.4, 0.5) is 10.2 Å². The summed E-state index contributed by atoms with van der Waals surface area (Å²) < 4.78 is 13.9. The fourth-order valence-corrected chi connectivity index (χ4v) is 4.38. The van der Waals surface area contributed by atoms with Crippen molar-refractivity contribution in [3.05, 3.63) is 59.6 Å². The van der Waals surface area contributed by atoms with Crippen molar-refractivity contribution in [2.75, 3.05) is 24.5 Å². The van der Waals surface area contributed by atoms with Crippen LogP contribution < -0.4 is 4.90 Å². The lowest BCUT2D eigenvalue weighted by atomic mass is 9.82. The Morgan fingerprint density at radius 3 is 2.77 bits per heavy atom. The Hall–Kier alpha value is -3.36. The number of hydrogen-bond acceptors (Lipinski definition) is 6. The van der Waals surface area contributed by atoms with E-state index in [9.17, 15) is 9.18 Å². The summed E-state index contributed by atoms with van der Waals surface area (Å²) in [5, 5.41) is 8.14. The second kappa shape index (κ2) is 7.16. The van der Waals surface area contributed by atoms with Crippen molar-refractivity contribution >= 4 is 11.7 Å². The lowest BCUT2D eigenvalue weighted by Gasteiger charge is -2.54. The van der Waals surface area contributed by atoms with Gasteiger partial charge in [0.05, 0.1) is 35.4 Å². The van der Waals surface area contributed by atoms with E-state index in [1.807, 2.05) is 18.7 Å². The third-order valence-electron chi connectivity index (χ3n) is 5.99. The van der Waals surface area contributed by atoms with Gasteiger partial charge in [-0.1, -0.05) is 0 Å². The van der Waals surface area contributed by atoms with Gasteiger partial charge in [-0.25, -0.2) is 9.37 Å².